The number of hydrogen-bond acceptors (Lipinski definition) is 5. The Kier molecular flexibility index (Phi) is 6.94. The fraction of sp³-hybridized carbons (Fsp3) is 0.270. The average Bonchev–Trinajstić information content (AvgIpc) is 3.41. The molecular weight excluding hydrogens is 528 g/mol. The molecule has 0 amide bonds. The van der Waals surface area contributed by atoms with Crippen LogP contribution in [0.15, 0.2) is 96.6 Å². The Morgan fingerprint density at radius 3 is 2.16 bits per heavy atom. The molecular formula is C37H38N6. The number of imidazole rings is 1. The van der Waals surface area contributed by atoms with E-state index in [9.17, 15) is 0 Å². The van der Waals surface area contributed by atoms with Gasteiger partial charge < -0.3 is 5.32 Å². The molecule has 0 bridgehead atoms. The number of benzene rings is 3. The van der Waals surface area contributed by atoms with Crippen molar-refractivity contribution >= 4 is 44.2 Å². The Morgan fingerprint density at radius 1 is 0.837 bits per heavy atom. The summed E-state index contributed by atoms with van der Waals surface area (Å²) in [5.41, 5.74) is 6.52. The summed E-state index contributed by atoms with van der Waals surface area (Å²) in [5, 5.41) is 11.8. The third kappa shape index (κ3) is 4.86. The molecule has 7 rings (SSSR count). The first-order valence-electron chi connectivity index (χ1n) is 15.3. The van der Waals surface area contributed by atoms with E-state index in [2.05, 4.69) is 124 Å². The molecule has 6 heteroatoms. The van der Waals surface area contributed by atoms with Crippen molar-refractivity contribution in [2.24, 2.45) is 11.8 Å². The molecule has 0 fully saturated rings. The van der Waals surface area contributed by atoms with Crippen LogP contribution in [0.25, 0.3) is 38.3 Å². The van der Waals surface area contributed by atoms with E-state index in [1.807, 2.05) is 27.0 Å². The standard InChI is InChI=1S/C37H38N6/c1-22-14-17-27(18-15-22)43-34-32-13-9-7-11-30(32)29-10-6-8-12-31(29)33(34)41-36(43)28-19-16-26(20-23(28)2)35(38-5)42-37-39-24(3)21-25(4)40-37/h6-14,16-23,28,35,38H,15H2,1-5H3,(H,39,40,42). The van der Waals surface area contributed by atoms with Gasteiger partial charge in [0.2, 0.25) is 5.95 Å². The van der Waals surface area contributed by atoms with E-state index in [0.29, 0.717) is 11.9 Å². The van der Waals surface area contributed by atoms with Crippen LogP contribution in [0.1, 0.15) is 43.4 Å². The largest absolute Gasteiger partial charge is 0.335 e. The van der Waals surface area contributed by atoms with Gasteiger partial charge in [-0.05, 0) is 67.6 Å². The second kappa shape index (κ2) is 10.9. The van der Waals surface area contributed by atoms with Gasteiger partial charge in [-0.1, -0.05) is 92.8 Å². The van der Waals surface area contributed by atoms with Crippen LogP contribution in [0.2, 0.25) is 0 Å². The van der Waals surface area contributed by atoms with E-state index in [1.165, 1.54) is 32.8 Å². The van der Waals surface area contributed by atoms with Crippen LogP contribution in [0.5, 0.6) is 0 Å². The van der Waals surface area contributed by atoms with Crippen molar-refractivity contribution in [3.8, 4) is 0 Å². The number of nitrogens with one attached hydrogen (secondary N) is 2. The summed E-state index contributed by atoms with van der Waals surface area (Å²) in [5.74, 6) is 2.57. The zero-order chi connectivity index (χ0) is 29.7. The molecule has 2 aliphatic carbocycles. The number of allylic oxidation sites excluding steroid dienone is 6. The predicted octanol–water partition coefficient (Wildman–Crippen LogP) is 8.06. The van der Waals surface area contributed by atoms with E-state index in [4.69, 9.17) is 4.98 Å². The van der Waals surface area contributed by atoms with E-state index >= 15 is 0 Å². The highest BCUT2D eigenvalue weighted by atomic mass is 15.2. The zero-order valence-corrected chi connectivity index (χ0v) is 25.5. The Balaban J connectivity index is 1.36. The summed E-state index contributed by atoms with van der Waals surface area (Å²) in [6.45, 7) is 8.56. The van der Waals surface area contributed by atoms with Crippen LogP contribution >= 0.6 is 0 Å². The molecule has 0 radical (unpaired) electrons. The van der Waals surface area contributed by atoms with E-state index in [-0.39, 0.29) is 18.0 Å². The third-order valence-electron chi connectivity index (χ3n) is 8.80. The van der Waals surface area contributed by atoms with Crippen molar-refractivity contribution in [1.29, 1.82) is 0 Å². The van der Waals surface area contributed by atoms with Crippen molar-refractivity contribution in [2.75, 3.05) is 12.4 Å². The summed E-state index contributed by atoms with van der Waals surface area (Å²) in [6, 6.07) is 19.4. The first-order chi connectivity index (χ1) is 20.9. The molecule has 2 aromatic heterocycles. The van der Waals surface area contributed by atoms with Crippen LogP contribution < -0.4 is 10.6 Å². The van der Waals surface area contributed by atoms with Gasteiger partial charge in [-0.2, -0.15) is 0 Å². The van der Waals surface area contributed by atoms with Gasteiger partial charge in [-0.25, -0.2) is 15.0 Å². The second-order valence-electron chi connectivity index (χ2n) is 12.0. The number of likely N-dealkylation sites (N-methyl/N-ethyl adjacent to an activating group) is 1. The van der Waals surface area contributed by atoms with Gasteiger partial charge in [0, 0.05) is 33.8 Å². The fourth-order valence-corrected chi connectivity index (χ4v) is 6.70. The lowest BCUT2D eigenvalue weighted by atomic mass is 9.85. The van der Waals surface area contributed by atoms with Gasteiger partial charge in [-0.3, -0.25) is 9.88 Å². The van der Waals surface area contributed by atoms with Gasteiger partial charge in [0.25, 0.3) is 0 Å². The number of fused-ring (bicyclic) bond motifs is 6. The summed E-state index contributed by atoms with van der Waals surface area (Å²) in [7, 11) is 1.96. The molecule has 5 aromatic rings. The quantitative estimate of drug-likeness (QED) is 0.161. The molecule has 4 unspecified atom stereocenters. The summed E-state index contributed by atoms with van der Waals surface area (Å²) in [4.78, 5) is 14.7. The minimum absolute atomic E-state index is 0.109. The molecule has 2 aliphatic rings. The first-order valence-corrected chi connectivity index (χ1v) is 15.3. The summed E-state index contributed by atoms with van der Waals surface area (Å²) < 4.78 is 2.44. The van der Waals surface area contributed by atoms with Gasteiger partial charge in [-0.15, -0.1) is 0 Å². The third-order valence-corrected chi connectivity index (χ3v) is 8.80. The Bertz CT molecular complexity index is 1970. The van der Waals surface area contributed by atoms with Crippen molar-refractivity contribution in [3.63, 3.8) is 0 Å². The maximum atomic E-state index is 5.49. The highest BCUT2D eigenvalue weighted by Gasteiger charge is 2.29. The molecule has 0 saturated carbocycles. The molecule has 6 nitrogen and oxygen atoms in total. The van der Waals surface area contributed by atoms with Crippen molar-refractivity contribution in [2.45, 2.75) is 46.2 Å². The molecule has 2 heterocycles. The predicted molar refractivity (Wildman–Crippen MR) is 179 cm³/mol. The minimum atomic E-state index is -0.113. The maximum Gasteiger partial charge on any atom is 0.224 e. The molecule has 43 heavy (non-hydrogen) atoms. The van der Waals surface area contributed by atoms with E-state index < -0.39 is 0 Å². The smallest absolute Gasteiger partial charge is 0.224 e. The minimum Gasteiger partial charge on any atom is -0.335 e. The van der Waals surface area contributed by atoms with Crippen molar-refractivity contribution in [1.82, 2.24) is 24.8 Å². The van der Waals surface area contributed by atoms with Crippen LogP contribution in [0, 0.1) is 25.7 Å². The van der Waals surface area contributed by atoms with Gasteiger partial charge in [0.1, 0.15) is 12.0 Å². The number of anilines is 1. The number of hydrogen-bond donors (Lipinski definition) is 2. The summed E-state index contributed by atoms with van der Waals surface area (Å²) >= 11 is 0. The van der Waals surface area contributed by atoms with E-state index in [1.54, 1.807) is 0 Å². The van der Waals surface area contributed by atoms with Crippen LogP contribution in [0.4, 0.5) is 5.95 Å². The van der Waals surface area contributed by atoms with Crippen molar-refractivity contribution in [3.05, 3.63) is 114 Å². The molecule has 0 spiro atoms. The van der Waals surface area contributed by atoms with Crippen LogP contribution in [0.3, 0.4) is 0 Å². The summed E-state index contributed by atoms with van der Waals surface area (Å²) in [6.07, 6.45) is 14.8. The fourth-order valence-electron chi connectivity index (χ4n) is 6.70. The molecule has 3 aromatic carbocycles. The van der Waals surface area contributed by atoms with E-state index in [0.717, 1.165) is 34.7 Å². The van der Waals surface area contributed by atoms with Crippen LogP contribution in [-0.4, -0.2) is 32.7 Å². The molecule has 0 saturated heterocycles. The average molecular weight is 567 g/mol. The number of aromatic nitrogens is 4. The van der Waals surface area contributed by atoms with Gasteiger partial charge in [0.05, 0.1) is 11.0 Å². The van der Waals surface area contributed by atoms with Gasteiger partial charge in [0.15, 0.2) is 0 Å². The molecule has 2 N–H and O–H groups in total. The Labute approximate surface area is 253 Å². The van der Waals surface area contributed by atoms with Crippen LogP contribution in [-0.2, 0) is 0 Å². The highest BCUT2D eigenvalue weighted by Crippen LogP contribution is 2.41. The number of aryl methyl sites for hydroxylation is 2. The number of rotatable bonds is 6. The Hall–Kier alpha value is -4.55. The SMILES string of the molecule is CNC(Nc1nc(C)cc(C)n1)C1=CC(C)C(c2nc3c4ccccc4c4ccccc4c3n2C2=CCC(C)C=C2)C=C1. The Morgan fingerprint density at radius 2 is 1.51 bits per heavy atom. The van der Waals surface area contributed by atoms with Crippen molar-refractivity contribution < 1.29 is 0 Å². The lowest BCUT2D eigenvalue weighted by Gasteiger charge is -2.28. The zero-order valence-electron chi connectivity index (χ0n) is 25.5. The normalized spacial score (nSPS) is 20.9. The molecule has 216 valence electrons. The monoisotopic (exact) mass is 566 g/mol. The van der Waals surface area contributed by atoms with Gasteiger partial charge >= 0.3 is 0 Å². The second-order valence-corrected chi connectivity index (χ2v) is 12.0. The topological polar surface area (TPSA) is 67.7 Å². The maximum absolute atomic E-state index is 5.49. The molecule has 0 aliphatic heterocycles. The first kappa shape index (κ1) is 27.3. The lowest BCUT2D eigenvalue weighted by molar-refractivity contribution is 0.581. The highest BCUT2D eigenvalue weighted by molar-refractivity contribution is 6.24. The number of nitrogens with zero attached hydrogens (tertiary/aromatic N) is 4. The lowest BCUT2D eigenvalue weighted by Crippen LogP contribution is -2.36. The molecule has 4 atom stereocenters.